The lowest BCUT2D eigenvalue weighted by Crippen LogP contribution is -2.69. The third kappa shape index (κ3) is 1.83. The number of hydrogen-bond acceptors (Lipinski definition) is 3. The molecule has 0 saturated carbocycles. The molecule has 1 aromatic carbocycles. The van der Waals surface area contributed by atoms with E-state index < -0.39 is 17.6 Å². The SMILES string of the molecule is CC1N2CCC(O)C1(c1cccc(Cl)c1)C(O)CC2. The quantitative estimate of drug-likeness (QED) is 0.825. The molecular weight excluding hydrogens is 262 g/mol. The number of nitrogens with zero attached hydrogens (tertiary/aromatic N) is 1. The van der Waals surface area contributed by atoms with Crippen LogP contribution in [0.3, 0.4) is 0 Å². The van der Waals surface area contributed by atoms with Gasteiger partial charge in [0.25, 0.3) is 0 Å². The Morgan fingerprint density at radius 2 is 1.84 bits per heavy atom. The molecule has 3 unspecified atom stereocenters. The zero-order valence-electron chi connectivity index (χ0n) is 11.1. The van der Waals surface area contributed by atoms with Crippen molar-refractivity contribution >= 4 is 11.6 Å². The standard InChI is InChI=1S/C15H20ClNO2/c1-10-15(11-3-2-4-12(16)9-11)13(18)5-7-17(10)8-6-14(15)19/h2-4,9-10,13-14,18-19H,5-8H2,1H3. The van der Waals surface area contributed by atoms with Crippen LogP contribution in [-0.2, 0) is 5.41 Å². The van der Waals surface area contributed by atoms with Gasteiger partial charge in [-0.3, -0.25) is 4.90 Å². The summed E-state index contributed by atoms with van der Waals surface area (Å²) < 4.78 is 0. The fourth-order valence-corrected chi connectivity index (χ4v) is 4.21. The first-order chi connectivity index (χ1) is 9.06. The van der Waals surface area contributed by atoms with Crippen LogP contribution in [0.1, 0.15) is 25.3 Å². The molecule has 2 bridgehead atoms. The summed E-state index contributed by atoms with van der Waals surface area (Å²) in [4.78, 5) is 2.36. The maximum atomic E-state index is 10.6. The van der Waals surface area contributed by atoms with Crippen LogP contribution in [0, 0.1) is 0 Å². The van der Waals surface area contributed by atoms with Gasteiger partial charge >= 0.3 is 0 Å². The minimum atomic E-state index is -0.610. The smallest absolute Gasteiger partial charge is 0.0689 e. The average Bonchev–Trinajstić information content (AvgIpc) is 2.37. The summed E-state index contributed by atoms with van der Waals surface area (Å²) in [6, 6.07) is 7.71. The minimum Gasteiger partial charge on any atom is -0.392 e. The number of halogens is 1. The summed E-state index contributed by atoms with van der Waals surface area (Å²) in [7, 11) is 0. The van der Waals surface area contributed by atoms with Gasteiger partial charge < -0.3 is 10.2 Å². The van der Waals surface area contributed by atoms with Crippen LogP contribution < -0.4 is 0 Å². The highest BCUT2D eigenvalue weighted by atomic mass is 35.5. The third-order valence-corrected chi connectivity index (χ3v) is 5.28. The van der Waals surface area contributed by atoms with E-state index in [1.165, 1.54) is 0 Å². The highest BCUT2D eigenvalue weighted by Crippen LogP contribution is 2.46. The van der Waals surface area contributed by atoms with Crippen molar-refractivity contribution < 1.29 is 10.2 Å². The number of benzene rings is 1. The van der Waals surface area contributed by atoms with Crippen molar-refractivity contribution in [3.05, 3.63) is 34.9 Å². The molecule has 0 spiro atoms. The molecule has 2 aliphatic heterocycles. The summed E-state index contributed by atoms with van der Waals surface area (Å²) in [6.07, 6.45) is 0.363. The largest absolute Gasteiger partial charge is 0.392 e. The van der Waals surface area contributed by atoms with Gasteiger partial charge in [0, 0.05) is 24.2 Å². The van der Waals surface area contributed by atoms with E-state index in [1.54, 1.807) is 0 Å². The fourth-order valence-electron chi connectivity index (χ4n) is 4.02. The molecule has 2 fully saturated rings. The van der Waals surface area contributed by atoms with Crippen molar-refractivity contribution in [2.24, 2.45) is 0 Å². The maximum absolute atomic E-state index is 10.6. The van der Waals surface area contributed by atoms with Crippen molar-refractivity contribution in [2.45, 2.75) is 43.4 Å². The van der Waals surface area contributed by atoms with E-state index >= 15 is 0 Å². The molecule has 2 saturated heterocycles. The first-order valence-electron chi connectivity index (χ1n) is 6.93. The van der Waals surface area contributed by atoms with E-state index in [1.807, 2.05) is 24.3 Å². The van der Waals surface area contributed by atoms with Crippen LogP contribution in [0.25, 0.3) is 0 Å². The lowest BCUT2D eigenvalue weighted by atomic mass is 9.60. The van der Waals surface area contributed by atoms with Gasteiger partial charge in [0.1, 0.15) is 0 Å². The van der Waals surface area contributed by atoms with Gasteiger partial charge in [-0.2, -0.15) is 0 Å². The van der Waals surface area contributed by atoms with Crippen LogP contribution >= 0.6 is 11.6 Å². The summed E-state index contributed by atoms with van der Waals surface area (Å²) >= 11 is 6.10. The molecule has 3 nitrogen and oxygen atoms in total. The van der Waals surface area contributed by atoms with Crippen LogP contribution in [0.4, 0.5) is 0 Å². The van der Waals surface area contributed by atoms with Gasteiger partial charge in [-0.1, -0.05) is 23.7 Å². The van der Waals surface area contributed by atoms with Gasteiger partial charge in [-0.25, -0.2) is 0 Å². The lowest BCUT2D eigenvalue weighted by Gasteiger charge is -2.57. The summed E-state index contributed by atoms with van der Waals surface area (Å²) in [5.41, 5.74) is 0.346. The van der Waals surface area contributed by atoms with Crippen molar-refractivity contribution in [1.82, 2.24) is 4.90 Å². The minimum absolute atomic E-state index is 0.124. The van der Waals surface area contributed by atoms with Crippen LogP contribution in [0.15, 0.2) is 24.3 Å². The normalized spacial score (nSPS) is 42.1. The average molecular weight is 282 g/mol. The highest BCUT2D eigenvalue weighted by Gasteiger charge is 2.56. The monoisotopic (exact) mass is 281 g/mol. The Bertz CT molecular complexity index is 465. The van der Waals surface area contributed by atoms with Crippen LogP contribution in [0.5, 0.6) is 0 Å². The molecule has 3 atom stereocenters. The van der Waals surface area contributed by atoms with Crippen molar-refractivity contribution in [3.8, 4) is 0 Å². The topological polar surface area (TPSA) is 43.7 Å². The maximum Gasteiger partial charge on any atom is 0.0689 e. The molecule has 0 aromatic heterocycles. The number of fused-ring (bicyclic) bond motifs is 2. The molecule has 1 aromatic rings. The molecule has 4 heteroatoms. The van der Waals surface area contributed by atoms with Crippen molar-refractivity contribution in [3.63, 3.8) is 0 Å². The Kier molecular flexibility index (Phi) is 3.34. The Hall–Kier alpha value is -0.610. The predicted octanol–water partition coefficient (Wildman–Crippen LogP) is 1.80. The Morgan fingerprint density at radius 1 is 1.21 bits per heavy atom. The molecule has 19 heavy (non-hydrogen) atoms. The molecule has 0 radical (unpaired) electrons. The predicted molar refractivity (Wildman–Crippen MR) is 75.4 cm³/mol. The zero-order valence-corrected chi connectivity index (χ0v) is 11.8. The van der Waals surface area contributed by atoms with Crippen molar-refractivity contribution in [1.29, 1.82) is 0 Å². The van der Waals surface area contributed by atoms with Crippen LogP contribution in [-0.4, -0.2) is 46.5 Å². The number of rotatable bonds is 1. The lowest BCUT2D eigenvalue weighted by molar-refractivity contribution is -0.127. The van der Waals surface area contributed by atoms with E-state index in [4.69, 9.17) is 11.6 Å². The Labute approximate surface area is 118 Å². The molecule has 2 N–H and O–H groups in total. The van der Waals surface area contributed by atoms with Gasteiger partial charge in [0.05, 0.1) is 17.6 Å². The Morgan fingerprint density at radius 3 is 2.42 bits per heavy atom. The zero-order chi connectivity index (χ0) is 13.6. The van der Waals surface area contributed by atoms with E-state index in [0.29, 0.717) is 17.9 Å². The molecule has 3 rings (SSSR count). The van der Waals surface area contributed by atoms with Gasteiger partial charge in [0.15, 0.2) is 0 Å². The van der Waals surface area contributed by atoms with Crippen molar-refractivity contribution in [2.75, 3.05) is 13.1 Å². The second-order valence-corrected chi connectivity index (χ2v) is 6.20. The number of piperidine rings is 2. The number of aliphatic hydroxyl groups is 2. The van der Waals surface area contributed by atoms with Gasteiger partial charge in [-0.15, -0.1) is 0 Å². The first-order valence-corrected chi connectivity index (χ1v) is 7.31. The molecule has 2 heterocycles. The molecule has 0 aliphatic carbocycles. The fraction of sp³-hybridized carbons (Fsp3) is 0.600. The number of hydrogen-bond donors (Lipinski definition) is 2. The van der Waals surface area contributed by atoms with E-state index in [2.05, 4.69) is 11.8 Å². The van der Waals surface area contributed by atoms with E-state index in [-0.39, 0.29) is 6.04 Å². The number of aliphatic hydroxyl groups excluding tert-OH is 2. The van der Waals surface area contributed by atoms with E-state index in [9.17, 15) is 10.2 Å². The highest BCUT2D eigenvalue weighted by molar-refractivity contribution is 6.30. The van der Waals surface area contributed by atoms with Gasteiger partial charge in [0.2, 0.25) is 0 Å². The summed E-state index contributed by atoms with van der Waals surface area (Å²) in [5.74, 6) is 0. The second kappa shape index (κ2) is 4.74. The third-order valence-electron chi connectivity index (χ3n) is 5.05. The molecule has 104 valence electrons. The van der Waals surface area contributed by atoms with E-state index in [0.717, 1.165) is 18.7 Å². The second-order valence-electron chi connectivity index (χ2n) is 5.76. The summed E-state index contributed by atoms with van der Waals surface area (Å²) in [5, 5.41) is 21.9. The Balaban J connectivity index is 2.15. The van der Waals surface area contributed by atoms with Gasteiger partial charge in [-0.05, 0) is 37.5 Å². The van der Waals surface area contributed by atoms with Crippen LogP contribution in [0.2, 0.25) is 5.02 Å². The molecule has 0 amide bonds. The first kappa shape index (κ1) is 13.4. The molecular formula is C15H20ClNO2. The molecule has 2 aliphatic rings. The summed E-state index contributed by atoms with van der Waals surface area (Å²) in [6.45, 7) is 3.90.